The quantitative estimate of drug-likeness (QED) is 0.0173. The first-order valence-electron chi connectivity index (χ1n) is 33.9. The molecule has 0 bridgehead atoms. The zero-order chi connectivity index (χ0) is 78.7. The fraction of sp³-hybridized carbons (Fsp3) is 0.120. The van der Waals surface area contributed by atoms with E-state index in [2.05, 4.69) is 71.8 Å². The van der Waals surface area contributed by atoms with Gasteiger partial charge in [0.2, 0.25) is 0 Å². The van der Waals surface area contributed by atoms with E-state index in [1.165, 1.54) is 31.0 Å². The zero-order valence-electron chi connectivity index (χ0n) is 62.0. The Morgan fingerprint density at radius 3 is 1.11 bits per heavy atom. The second-order valence-corrected chi connectivity index (χ2v) is 26.9. The first-order chi connectivity index (χ1) is 53.4. The Morgan fingerprint density at radius 2 is 0.798 bits per heavy atom. The number of nitrogens with zero attached hydrogens (tertiary/aromatic N) is 7. The number of nitriles is 1. The molecule has 15 rings (SSSR count). The van der Waals surface area contributed by atoms with Crippen molar-refractivity contribution < 1.29 is 156 Å². The van der Waals surface area contributed by atoms with Crippen molar-refractivity contribution in [2.45, 2.75) is 67.1 Å². The van der Waals surface area contributed by atoms with Crippen LogP contribution in [0.15, 0.2) is 183 Å². The molecule has 5 amide bonds. The molecule has 9 heterocycles. The molecular weight excluding hydrogens is 1580 g/mol. The molecule has 0 atom stereocenters. The summed E-state index contributed by atoms with van der Waals surface area (Å²) in [7, 11) is 0. The van der Waals surface area contributed by atoms with E-state index in [1.807, 2.05) is 57.2 Å². The Kier molecular flexibility index (Phi) is 30.6. The molecule has 0 radical (unpaired) electrons. The zero-order valence-corrected chi connectivity index (χ0v) is 69.5. The van der Waals surface area contributed by atoms with Crippen molar-refractivity contribution in [2.24, 2.45) is 11.5 Å². The molecule has 0 fully saturated rings. The molecule has 31 heteroatoms. The van der Waals surface area contributed by atoms with Crippen molar-refractivity contribution in [3.8, 4) is 6.07 Å². The molecule has 0 unspecified atom stereocenters. The van der Waals surface area contributed by atoms with Crippen LogP contribution in [-0.4, -0.2) is 80.9 Å². The number of carbonyl (C=O) groups is 6. The first kappa shape index (κ1) is 87.8. The summed E-state index contributed by atoms with van der Waals surface area (Å²) in [5.74, 6) is -3.61. The van der Waals surface area contributed by atoms with Gasteiger partial charge in [0.25, 0.3) is 36.0 Å². The van der Waals surface area contributed by atoms with Gasteiger partial charge in [0.15, 0.2) is 0 Å². The summed E-state index contributed by atoms with van der Waals surface area (Å²) in [4.78, 5) is 109. The van der Waals surface area contributed by atoms with Crippen LogP contribution in [0.1, 0.15) is 133 Å². The summed E-state index contributed by atoms with van der Waals surface area (Å²) in [6.45, 7) is 5.62. The predicted octanol–water partition coefficient (Wildman–Crippen LogP) is 8.46. The number of aryl methyl sites for hydroxylation is 3. The maximum atomic E-state index is 14.8. The van der Waals surface area contributed by atoms with Crippen molar-refractivity contribution in [3.05, 3.63) is 316 Å². The third-order valence-electron chi connectivity index (χ3n) is 17.8. The molecule has 9 aromatic heterocycles. The predicted molar refractivity (Wildman–Crippen MR) is 421 cm³/mol. The van der Waals surface area contributed by atoms with Gasteiger partial charge in [-0.1, -0.05) is 60.4 Å². The Bertz CT molecular complexity index is 6020. The van der Waals surface area contributed by atoms with Gasteiger partial charge in [-0.05, 0) is 163 Å². The molecule has 10 N–H and O–H groups in total. The van der Waals surface area contributed by atoms with Gasteiger partial charge in [-0.15, -0.1) is 0 Å². The van der Waals surface area contributed by atoms with Gasteiger partial charge in [-0.3, -0.25) is 58.7 Å². The van der Waals surface area contributed by atoms with Crippen molar-refractivity contribution in [1.29, 1.82) is 5.26 Å². The van der Waals surface area contributed by atoms with Crippen LogP contribution in [-0.2, 0) is 48.6 Å². The van der Waals surface area contributed by atoms with Crippen molar-refractivity contribution in [2.75, 3.05) is 0 Å². The average Bonchev–Trinajstić information content (AvgIpc) is 1.62. The van der Waals surface area contributed by atoms with E-state index in [1.54, 1.807) is 116 Å². The number of aromatic nitrogens is 9. The number of nitrogens with one attached hydrogen (secondary N) is 6. The third-order valence-corrected chi connectivity index (χ3v) is 18.7. The summed E-state index contributed by atoms with van der Waals surface area (Å²) >= 11 is 18.2. The van der Waals surface area contributed by atoms with Crippen LogP contribution in [0.5, 0.6) is 0 Å². The van der Waals surface area contributed by atoms with Crippen LogP contribution < -0.4 is 135 Å². The number of nitrogens with two attached hydrogens (primary N) is 2. The molecular formula is C83H67Cl3F3K2N15O8. The van der Waals surface area contributed by atoms with Gasteiger partial charge in [0.1, 0.15) is 23.5 Å². The van der Waals surface area contributed by atoms with Gasteiger partial charge in [0, 0.05) is 178 Å². The average molecular weight is 1640 g/mol. The van der Waals surface area contributed by atoms with Crippen LogP contribution in [0.3, 0.4) is 0 Å². The van der Waals surface area contributed by atoms with Crippen LogP contribution in [0, 0.1) is 49.6 Å². The summed E-state index contributed by atoms with van der Waals surface area (Å²) in [5.41, 5.74) is 25.4. The van der Waals surface area contributed by atoms with Gasteiger partial charge in [-0.25, -0.2) is 13.2 Å². The minimum atomic E-state index is -0.564. The van der Waals surface area contributed by atoms with Crippen molar-refractivity contribution in [3.63, 3.8) is 0 Å². The van der Waals surface area contributed by atoms with E-state index in [0.717, 1.165) is 49.5 Å². The maximum Gasteiger partial charge on any atom is 1.00 e. The summed E-state index contributed by atoms with van der Waals surface area (Å²) in [6, 6.07) is 38.9. The van der Waals surface area contributed by atoms with Gasteiger partial charge in [0.05, 0.1) is 64.5 Å². The molecule has 0 aliphatic heterocycles. The Labute approximate surface area is 750 Å². The Hall–Kier alpha value is -10.2. The van der Waals surface area contributed by atoms with E-state index in [0.29, 0.717) is 141 Å². The molecule has 23 nitrogen and oxygen atoms in total. The number of H-pyrrole nitrogens is 3. The van der Waals surface area contributed by atoms with E-state index in [9.17, 15) is 42.4 Å². The minimum Gasteiger partial charge on any atom is -1.00 e. The standard InChI is InChI=1S/2C27H21ClFN5O2.C27H19ClFN5O.CH2O3.CH4.2K.H/c2*1-14-6-18-7-15(9-20(26(30)35)25(18)33-11-14)8-19-10-16(4-5-31-19)27(36)34-12-17-2-3-22-23(24(17)29)21(28)13-32-22;1-15-6-19-7-16(8-20(11-30)26(19)33-12-15)9-21-10-17(4-5-31-21)27(35)34-13-18-2-3-23-24(25(18)29)22(28)14-32-23;2-1-4-3;;;;/h2*2-7,9-11,13,32H,8,12H2,1H3,(H2,30,35)(H,34,36);2-8,10,12,14,32H,9,13H2,1H3,(H,34,35);1,3H;1H4;;;/q;;;;;2*+1;-1/p-1. The van der Waals surface area contributed by atoms with Crippen LogP contribution in [0.2, 0.25) is 15.1 Å². The molecule has 6 aromatic carbocycles. The van der Waals surface area contributed by atoms with Crippen molar-refractivity contribution in [1.82, 2.24) is 60.8 Å². The van der Waals surface area contributed by atoms with E-state index in [-0.39, 0.29) is 165 Å². The number of benzene rings is 6. The fourth-order valence-corrected chi connectivity index (χ4v) is 13.3. The van der Waals surface area contributed by atoms with Gasteiger partial charge < -0.3 is 53.9 Å². The molecule has 0 aliphatic carbocycles. The van der Waals surface area contributed by atoms with E-state index < -0.39 is 29.3 Å². The second-order valence-electron chi connectivity index (χ2n) is 25.7. The fourth-order valence-electron chi connectivity index (χ4n) is 12.6. The SMILES string of the molecule is C.Cc1cnc2c(C#N)cc(Cc3cc(C(=O)NCc4ccc5[nH]cc(Cl)c5c4F)ccn3)cc2c1.Cc1cnc2c(C(N)=O)cc(Cc3cc(C(=O)NCc4ccc5[nH]cc(Cl)c5c4F)ccn3)cc2c1.Cc1cnc2c(C(N)=O)cc(Cc3cc(C(=O)NCc4ccc5[nH]cc(Cl)c5c4F)ccn3)cc2c1.O=CO[O-].[H-].[K+].[K+]. The first-order valence-corrected chi connectivity index (χ1v) is 35.0. The minimum absolute atomic E-state index is 0. The smallest absolute Gasteiger partial charge is 1.00 e. The van der Waals surface area contributed by atoms with E-state index in [4.69, 9.17) is 56.3 Å². The molecule has 114 heavy (non-hydrogen) atoms. The number of hydrogen-bond donors (Lipinski definition) is 8. The number of pyridine rings is 6. The van der Waals surface area contributed by atoms with E-state index >= 15 is 0 Å². The van der Waals surface area contributed by atoms with Crippen molar-refractivity contribution >= 4 is 136 Å². The Balaban J connectivity index is 0.000000207. The molecule has 0 spiro atoms. The second kappa shape index (κ2) is 39.7. The number of hydrogen-bond acceptors (Lipinski definition) is 15. The Morgan fingerprint density at radius 1 is 0.491 bits per heavy atom. The molecule has 15 aromatic rings. The summed E-state index contributed by atoms with van der Waals surface area (Å²) in [5, 5.41) is 30.5. The third kappa shape index (κ3) is 20.8. The maximum absolute atomic E-state index is 14.8. The number of halogens is 6. The number of amides is 5. The number of fused-ring (bicyclic) bond motifs is 6. The number of primary amides is 2. The normalized spacial score (nSPS) is 10.6. The monoisotopic (exact) mass is 1640 g/mol. The van der Waals surface area contributed by atoms with Crippen LogP contribution in [0.4, 0.5) is 13.2 Å². The van der Waals surface area contributed by atoms with Gasteiger partial charge >= 0.3 is 103 Å². The summed E-state index contributed by atoms with van der Waals surface area (Å²) in [6.07, 6.45) is 15.5. The number of carbonyl (C=O) groups excluding carboxylic acids is 6. The number of aromatic amines is 3. The molecule has 566 valence electrons. The molecule has 0 aliphatic rings. The number of rotatable bonds is 18. The van der Waals surface area contributed by atoms with Gasteiger partial charge in [-0.2, -0.15) is 5.26 Å². The summed E-state index contributed by atoms with van der Waals surface area (Å²) < 4.78 is 44.5. The topological polar surface area (TPSA) is 371 Å². The molecule has 0 saturated carbocycles. The molecule has 0 saturated heterocycles. The van der Waals surface area contributed by atoms with Crippen LogP contribution >= 0.6 is 34.8 Å². The largest absolute Gasteiger partial charge is 1.00 e. The van der Waals surface area contributed by atoms with Crippen LogP contribution in [0.25, 0.3) is 65.4 Å².